The van der Waals surface area contributed by atoms with Gasteiger partial charge in [-0.1, -0.05) is 11.6 Å². The van der Waals surface area contributed by atoms with Crippen LogP contribution in [0.2, 0.25) is 5.02 Å². The van der Waals surface area contributed by atoms with E-state index in [2.05, 4.69) is 5.32 Å². The van der Waals surface area contributed by atoms with Crippen molar-refractivity contribution in [2.75, 3.05) is 38.3 Å². The van der Waals surface area contributed by atoms with Gasteiger partial charge in [0.1, 0.15) is 6.54 Å². The maximum absolute atomic E-state index is 11.8. The third kappa shape index (κ3) is 3.61. The first-order valence-electron chi connectivity index (χ1n) is 6.11. The Bertz CT molecular complexity index is 521. The summed E-state index contributed by atoms with van der Waals surface area (Å²) in [4.78, 5) is 24.9. The van der Waals surface area contributed by atoms with Crippen LogP contribution in [-0.2, 0) is 14.3 Å². The van der Waals surface area contributed by atoms with Gasteiger partial charge in [0.15, 0.2) is 5.75 Å². The molecule has 1 heterocycles. The maximum Gasteiger partial charge on any atom is 0.331 e. The molecule has 7 heteroatoms. The van der Waals surface area contributed by atoms with Crippen molar-refractivity contribution >= 4 is 29.2 Å². The number of hydrogen-bond donors (Lipinski definition) is 1. The van der Waals surface area contributed by atoms with Gasteiger partial charge in [0.05, 0.1) is 18.8 Å². The molecule has 20 heavy (non-hydrogen) atoms. The van der Waals surface area contributed by atoms with Crippen LogP contribution in [0.1, 0.15) is 0 Å². The van der Waals surface area contributed by atoms with Gasteiger partial charge in [0.25, 0.3) is 0 Å². The van der Waals surface area contributed by atoms with Gasteiger partial charge in [-0.15, -0.1) is 0 Å². The zero-order valence-corrected chi connectivity index (χ0v) is 11.8. The number of halogens is 1. The molecule has 0 atom stereocenters. The van der Waals surface area contributed by atoms with E-state index in [1.807, 2.05) is 0 Å². The summed E-state index contributed by atoms with van der Waals surface area (Å²) in [5, 5.41) is 3.22. The van der Waals surface area contributed by atoms with E-state index in [-0.39, 0.29) is 19.0 Å². The molecule has 0 spiro atoms. The van der Waals surface area contributed by atoms with E-state index >= 15 is 0 Å². The molecule has 0 aromatic heterocycles. The van der Waals surface area contributed by atoms with Crippen molar-refractivity contribution in [3.05, 3.63) is 23.2 Å². The fourth-order valence-corrected chi connectivity index (χ4v) is 2.05. The molecule has 1 aromatic carbocycles. The molecular formula is C13H15ClN2O4. The van der Waals surface area contributed by atoms with Gasteiger partial charge in [0, 0.05) is 18.7 Å². The number of amides is 1. The third-order valence-electron chi connectivity index (χ3n) is 2.77. The Morgan fingerprint density at radius 2 is 2.35 bits per heavy atom. The number of rotatable bonds is 5. The zero-order chi connectivity index (χ0) is 14.5. The number of esters is 1. The average Bonchev–Trinajstić information content (AvgIpc) is 2.40. The van der Waals surface area contributed by atoms with E-state index in [4.69, 9.17) is 21.1 Å². The summed E-state index contributed by atoms with van der Waals surface area (Å²) in [7, 11) is 1.56. The Labute approximate surface area is 121 Å². The normalized spacial score (nSPS) is 13.7. The predicted molar refractivity (Wildman–Crippen MR) is 74.2 cm³/mol. The molecule has 1 amide bonds. The summed E-state index contributed by atoms with van der Waals surface area (Å²) in [6, 6.07) is 4.92. The third-order valence-corrected chi connectivity index (χ3v) is 3.00. The molecule has 0 saturated carbocycles. The highest BCUT2D eigenvalue weighted by molar-refractivity contribution is 6.31. The summed E-state index contributed by atoms with van der Waals surface area (Å²) in [5.74, 6) is -0.178. The monoisotopic (exact) mass is 298 g/mol. The van der Waals surface area contributed by atoms with Gasteiger partial charge in [-0.25, -0.2) is 4.79 Å². The fourth-order valence-electron chi connectivity index (χ4n) is 1.88. The van der Waals surface area contributed by atoms with Gasteiger partial charge < -0.3 is 19.7 Å². The molecule has 0 radical (unpaired) electrons. The van der Waals surface area contributed by atoms with Gasteiger partial charge in [-0.05, 0) is 18.2 Å². The number of methoxy groups -OCH3 is 1. The van der Waals surface area contributed by atoms with Gasteiger partial charge in [0.2, 0.25) is 5.91 Å². The first-order valence-corrected chi connectivity index (χ1v) is 6.49. The smallest absolute Gasteiger partial charge is 0.331 e. The maximum atomic E-state index is 11.8. The van der Waals surface area contributed by atoms with Crippen molar-refractivity contribution < 1.29 is 19.1 Å². The first kappa shape index (κ1) is 14.6. The van der Waals surface area contributed by atoms with Crippen LogP contribution in [0.4, 0.5) is 5.69 Å². The Balaban J connectivity index is 2.07. The van der Waals surface area contributed by atoms with E-state index in [9.17, 15) is 9.59 Å². The number of benzene rings is 1. The standard InChI is InChI=1S/C13H15ClN2O4/c1-19-5-4-15-12(17)7-16-8-13(18)20-11-3-2-9(14)6-10(11)16/h2-3,6H,4-5,7-8H2,1H3,(H,15,17). The number of carbonyl (C=O) groups is 2. The van der Waals surface area contributed by atoms with Crippen molar-refractivity contribution in [1.29, 1.82) is 0 Å². The largest absolute Gasteiger partial charge is 0.423 e. The molecule has 0 unspecified atom stereocenters. The van der Waals surface area contributed by atoms with E-state index in [1.165, 1.54) is 0 Å². The molecular weight excluding hydrogens is 284 g/mol. The Morgan fingerprint density at radius 1 is 1.55 bits per heavy atom. The number of hydrogen-bond acceptors (Lipinski definition) is 5. The Morgan fingerprint density at radius 3 is 3.10 bits per heavy atom. The highest BCUT2D eigenvalue weighted by Gasteiger charge is 2.25. The number of nitrogens with zero attached hydrogens (tertiary/aromatic N) is 1. The number of anilines is 1. The minimum atomic E-state index is -0.399. The number of nitrogens with one attached hydrogen (secondary N) is 1. The molecule has 0 aliphatic carbocycles. The molecule has 0 saturated heterocycles. The average molecular weight is 299 g/mol. The Hall–Kier alpha value is -1.79. The second kappa shape index (κ2) is 6.58. The van der Waals surface area contributed by atoms with Crippen LogP contribution in [0, 0.1) is 0 Å². The molecule has 0 bridgehead atoms. The van der Waals surface area contributed by atoms with Crippen LogP contribution in [0.5, 0.6) is 5.75 Å². The molecule has 2 rings (SSSR count). The molecule has 1 N–H and O–H groups in total. The van der Waals surface area contributed by atoms with E-state index in [1.54, 1.807) is 30.2 Å². The van der Waals surface area contributed by atoms with Crippen molar-refractivity contribution in [2.24, 2.45) is 0 Å². The van der Waals surface area contributed by atoms with Crippen molar-refractivity contribution in [3.63, 3.8) is 0 Å². The number of ether oxygens (including phenoxy) is 2. The van der Waals surface area contributed by atoms with Gasteiger partial charge in [-0.3, -0.25) is 4.79 Å². The lowest BCUT2D eigenvalue weighted by Crippen LogP contribution is -2.43. The second-order valence-electron chi connectivity index (χ2n) is 4.28. The number of fused-ring (bicyclic) bond motifs is 1. The number of carbonyl (C=O) groups excluding carboxylic acids is 2. The summed E-state index contributed by atoms with van der Waals surface area (Å²) in [5.41, 5.74) is 0.638. The summed E-state index contributed by atoms with van der Waals surface area (Å²) < 4.78 is 9.96. The van der Waals surface area contributed by atoms with Crippen molar-refractivity contribution in [3.8, 4) is 5.75 Å². The lowest BCUT2D eigenvalue weighted by Gasteiger charge is -2.29. The van der Waals surface area contributed by atoms with Crippen LogP contribution in [0.25, 0.3) is 0 Å². The molecule has 1 aromatic rings. The first-order chi connectivity index (χ1) is 9.60. The zero-order valence-electron chi connectivity index (χ0n) is 11.0. The Kier molecular flexibility index (Phi) is 4.81. The SMILES string of the molecule is COCCNC(=O)CN1CC(=O)Oc2ccc(Cl)cc21. The summed E-state index contributed by atoms with van der Waals surface area (Å²) in [6.07, 6.45) is 0. The quantitative estimate of drug-likeness (QED) is 0.495. The predicted octanol–water partition coefficient (Wildman–Crippen LogP) is 0.828. The van der Waals surface area contributed by atoms with Crippen molar-refractivity contribution in [2.45, 2.75) is 0 Å². The fraction of sp³-hybridized carbons (Fsp3) is 0.385. The lowest BCUT2D eigenvalue weighted by molar-refractivity contribution is -0.133. The highest BCUT2D eigenvalue weighted by Crippen LogP contribution is 2.34. The molecule has 1 aliphatic heterocycles. The minimum Gasteiger partial charge on any atom is -0.423 e. The van der Waals surface area contributed by atoms with Crippen LogP contribution in [-0.4, -0.2) is 45.2 Å². The van der Waals surface area contributed by atoms with Crippen LogP contribution < -0.4 is 15.0 Å². The van der Waals surface area contributed by atoms with E-state index < -0.39 is 5.97 Å². The highest BCUT2D eigenvalue weighted by atomic mass is 35.5. The van der Waals surface area contributed by atoms with Crippen LogP contribution >= 0.6 is 11.6 Å². The lowest BCUT2D eigenvalue weighted by atomic mass is 10.2. The van der Waals surface area contributed by atoms with Crippen LogP contribution in [0.3, 0.4) is 0 Å². The second-order valence-corrected chi connectivity index (χ2v) is 4.72. The molecule has 108 valence electrons. The molecule has 1 aliphatic rings. The van der Waals surface area contributed by atoms with Gasteiger partial charge in [-0.2, -0.15) is 0 Å². The summed E-state index contributed by atoms with van der Waals surface area (Å²) in [6.45, 7) is 0.948. The van der Waals surface area contributed by atoms with Crippen molar-refractivity contribution in [1.82, 2.24) is 5.32 Å². The summed E-state index contributed by atoms with van der Waals surface area (Å²) >= 11 is 5.93. The topological polar surface area (TPSA) is 67.9 Å². The van der Waals surface area contributed by atoms with Gasteiger partial charge >= 0.3 is 5.97 Å². The molecule has 0 fully saturated rings. The van der Waals surface area contributed by atoms with Crippen LogP contribution in [0.15, 0.2) is 18.2 Å². The molecule has 6 nitrogen and oxygen atoms in total. The minimum absolute atomic E-state index is 0.0189. The van der Waals surface area contributed by atoms with E-state index in [0.29, 0.717) is 29.6 Å². The van der Waals surface area contributed by atoms with E-state index in [0.717, 1.165) is 0 Å².